The lowest BCUT2D eigenvalue weighted by Gasteiger charge is -2.41. The van der Waals surface area contributed by atoms with E-state index in [2.05, 4.69) is 65.6 Å². The van der Waals surface area contributed by atoms with Crippen LogP contribution in [0.25, 0.3) is 0 Å². The minimum absolute atomic E-state index is 0. The topological polar surface area (TPSA) is 48.9 Å². The Labute approximate surface area is 169 Å². The van der Waals surface area contributed by atoms with Gasteiger partial charge in [0, 0.05) is 38.8 Å². The van der Waals surface area contributed by atoms with Crippen LogP contribution in [0.15, 0.2) is 29.3 Å². The van der Waals surface area contributed by atoms with Crippen LogP contribution >= 0.6 is 24.0 Å². The largest absolute Gasteiger partial charge is 0.379 e. The predicted octanol–water partition coefficient (Wildman–Crippen LogP) is 2.43. The van der Waals surface area contributed by atoms with Gasteiger partial charge < -0.3 is 15.4 Å². The fourth-order valence-corrected chi connectivity index (χ4v) is 2.99. The molecule has 0 aromatic heterocycles. The predicted molar refractivity (Wildman–Crippen MR) is 116 cm³/mol. The van der Waals surface area contributed by atoms with E-state index in [1.165, 1.54) is 11.1 Å². The van der Waals surface area contributed by atoms with E-state index in [9.17, 15) is 0 Å². The molecule has 1 fully saturated rings. The smallest absolute Gasteiger partial charge is 0.191 e. The standard InChI is InChI=1S/C19H32N4O.HI/c1-16-6-5-7-17(14-16)8-9-21-18(20-4)22-15-19(2,3)23-10-12-24-13-11-23;/h5-7,14H,8-13,15H2,1-4H3,(H2,20,21,22);1H. The lowest BCUT2D eigenvalue weighted by atomic mass is 10.0. The van der Waals surface area contributed by atoms with Crippen LogP contribution in [0.2, 0.25) is 0 Å². The Morgan fingerprint density at radius 3 is 2.60 bits per heavy atom. The maximum atomic E-state index is 5.45. The first-order chi connectivity index (χ1) is 11.5. The van der Waals surface area contributed by atoms with Crippen LogP contribution in [0, 0.1) is 6.92 Å². The summed E-state index contributed by atoms with van der Waals surface area (Å²) in [6.07, 6.45) is 0.995. The number of aliphatic imine (C=N–C) groups is 1. The molecule has 0 atom stereocenters. The van der Waals surface area contributed by atoms with E-state index < -0.39 is 0 Å². The van der Waals surface area contributed by atoms with Crippen molar-refractivity contribution in [2.24, 2.45) is 4.99 Å². The molecule has 1 aliphatic rings. The van der Waals surface area contributed by atoms with Gasteiger partial charge in [0.25, 0.3) is 0 Å². The van der Waals surface area contributed by atoms with E-state index in [4.69, 9.17) is 4.74 Å². The number of nitrogens with zero attached hydrogens (tertiary/aromatic N) is 2. The molecule has 5 nitrogen and oxygen atoms in total. The van der Waals surface area contributed by atoms with Gasteiger partial charge in [-0.25, -0.2) is 0 Å². The van der Waals surface area contributed by atoms with Gasteiger partial charge in [0.1, 0.15) is 0 Å². The highest BCUT2D eigenvalue weighted by Gasteiger charge is 2.28. The summed E-state index contributed by atoms with van der Waals surface area (Å²) in [5.74, 6) is 0.865. The van der Waals surface area contributed by atoms with E-state index in [1.807, 2.05) is 7.05 Å². The second-order valence-corrected chi connectivity index (χ2v) is 7.00. The molecule has 0 unspecified atom stereocenters. The minimum Gasteiger partial charge on any atom is -0.379 e. The minimum atomic E-state index is 0. The lowest BCUT2D eigenvalue weighted by molar-refractivity contribution is -0.00833. The molecule has 0 radical (unpaired) electrons. The zero-order chi connectivity index (χ0) is 17.4. The van der Waals surface area contributed by atoms with Crippen LogP contribution in [0.5, 0.6) is 0 Å². The first-order valence-electron chi connectivity index (χ1n) is 8.84. The summed E-state index contributed by atoms with van der Waals surface area (Å²) < 4.78 is 5.45. The number of nitrogens with one attached hydrogen (secondary N) is 2. The van der Waals surface area contributed by atoms with E-state index in [-0.39, 0.29) is 29.5 Å². The van der Waals surface area contributed by atoms with Gasteiger partial charge in [-0.3, -0.25) is 9.89 Å². The van der Waals surface area contributed by atoms with Gasteiger partial charge in [-0.2, -0.15) is 0 Å². The molecular weight excluding hydrogens is 427 g/mol. The van der Waals surface area contributed by atoms with E-state index >= 15 is 0 Å². The molecule has 1 aromatic rings. The number of aryl methyl sites for hydroxylation is 1. The van der Waals surface area contributed by atoms with Gasteiger partial charge in [-0.1, -0.05) is 29.8 Å². The van der Waals surface area contributed by atoms with Crippen molar-refractivity contribution in [1.29, 1.82) is 0 Å². The van der Waals surface area contributed by atoms with Crippen molar-refractivity contribution in [2.75, 3.05) is 46.4 Å². The summed E-state index contributed by atoms with van der Waals surface area (Å²) in [5.41, 5.74) is 2.74. The number of ether oxygens (including phenoxy) is 1. The zero-order valence-electron chi connectivity index (χ0n) is 16.0. The lowest BCUT2D eigenvalue weighted by Crippen LogP contribution is -2.56. The van der Waals surface area contributed by atoms with Crippen LogP contribution in [0.4, 0.5) is 0 Å². The van der Waals surface area contributed by atoms with E-state index in [0.29, 0.717) is 0 Å². The van der Waals surface area contributed by atoms with Crippen LogP contribution in [-0.2, 0) is 11.2 Å². The SMILES string of the molecule is CN=C(NCCc1cccc(C)c1)NCC(C)(C)N1CCOCC1.I. The summed E-state index contributed by atoms with van der Waals surface area (Å²) in [6.45, 7) is 12.0. The monoisotopic (exact) mass is 460 g/mol. The van der Waals surface area contributed by atoms with Crippen molar-refractivity contribution in [2.45, 2.75) is 32.7 Å². The summed E-state index contributed by atoms with van der Waals surface area (Å²) in [7, 11) is 1.82. The third-order valence-corrected chi connectivity index (χ3v) is 4.57. The molecular formula is C19H33IN4O. The van der Waals surface area contributed by atoms with Crippen LogP contribution < -0.4 is 10.6 Å². The van der Waals surface area contributed by atoms with E-state index in [0.717, 1.165) is 51.8 Å². The molecule has 1 aliphatic heterocycles. The summed E-state index contributed by atoms with van der Waals surface area (Å²) in [4.78, 5) is 6.81. The van der Waals surface area contributed by atoms with Crippen LogP contribution in [0.1, 0.15) is 25.0 Å². The number of rotatable bonds is 6. The number of hydrogen-bond acceptors (Lipinski definition) is 3. The molecule has 1 heterocycles. The summed E-state index contributed by atoms with van der Waals surface area (Å²) in [6, 6.07) is 8.65. The number of benzene rings is 1. The molecule has 1 saturated heterocycles. The summed E-state index contributed by atoms with van der Waals surface area (Å²) in [5, 5.41) is 6.87. The van der Waals surface area contributed by atoms with Gasteiger partial charge >= 0.3 is 0 Å². The quantitative estimate of drug-likeness (QED) is 0.389. The molecule has 142 valence electrons. The van der Waals surface area contributed by atoms with Gasteiger partial charge in [-0.05, 0) is 32.8 Å². The van der Waals surface area contributed by atoms with Gasteiger partial charge in [0.2, 0.25) is 0 Å². The second kappa shape index (κ2) is 11.0. The Morgan fingerprint density at radius 2 is 1.96 bits per heavy atom. The van der Waals surface area contributed by atoms with Crippen molar-refractivity contribution in [3.8, 4) is 0 Å². The first kappa shape index (κ1) is 22.2. The Bertz CT molecular complexity index is 542. The Morgan fingerprint density at radius 1 is 1.24 bits per heavy atom. The Balaban J connectivity index is 0.00000312. The maximum Gasteiger partial charge on any atom is 0.191 e. The summed E-state index contributed by atoms with van der Waals surface area (Å²) >= 11 is 0. The third kappa shape index (κ3) is 7.50. The highest BCUT2D eigenvalue weighted by molar-refractivity contribution is 14.0. The second-order valence-electron chi connectivity index (χ2n) is 7.00. The van der Waals surface area contributed by atoms with Crippen molar-refractivity contribution in [1.82, 2.24) is 15.5 Å². The molecule has 0 aliphatic carbocycles. The average molecular weight is 460 g/mol. The highest BCUT2D eigenvalue weighted by Crippen LogP contribution is 2.14. The Hall–Kier alpha value is -0.860. The molecule has 0 amide bonds. The van der Waals surface area contributed by atoms with E-state index in [1.54, 1.807) is 0 Å². The molecule has 1 aromatic carbocycles. The third-order valence-electron chi connectivity index (χ3n) is 4.57. The number of morpholine rings is 1. The normalized spacial score (nSPS) is 16.2. The average Bonchev–Trinajstić information content (AvgIpc) is 2.59. The maximum absolute atomic E-state index is 5.45. The van der Waals surface area contributed by atoms with Crippen LogP contribution in [0.3, 0.4) is 0 Å². The number of hydrogen-bond donors (Lipinski definition) is 2. The van der Waals surface area contributed by atoms with Gasteiger partial charge in [-0.15, -0.1) is 24.0 Å². The number of guanidine groups is 1. The first-order valence-corrected chi connectivity index (χ1v) is 8.84. The molecule has 0 saturated carbocycles. The molecule has 0 bridgehead atoms. The highest BCUT2D eigenvalue weighted by atomic mass is 127. The van der Waals surface area contributed by atoms with Crippen molar-refractivity contribution in [3.05, 3.63) is 35.4 Å². The zero-order valence-corrected chi connectivity index (χ0v) is 18.3. The molecule has 2 N–H and O–H groups in total. The van der Waals surface area contributed by atoms with Crippen molar-refractivity contribution in [3.63, 3.8) is 0 Å². The number of halogens is 1. The molecule has 2 rings (SSSR count). The van der Waals surface area contributed by atoms with Gasteiger partial charge in [0.05, 0.1) is 13.2 Å². The van der Waals surface area contributed by atoms with Gasteiger partial charge in [0.15, 0.2) is 5.96 Å². The fourth-order valence-electron chi connectivity index (χ4n) is 2.99. The molecule has 6 heteroatoms. The van der Waals surface area contributed by atoms with Crippen molar-refractivity contribution >= 4 is 29.9 Å². The molecule has 0 spiro atoms. The Kier molecular flexibility index (Phi) is 9.74. The molecule has 25 heavy (non-hydrogen) atoms. The van der Waals surface area contributed by atoms with Crippen LogP contribution in [-0.4, -0.2) is 62.8 Å². The van der Waals surface area contributed by atoms with Crippen molar-refractivity contribution < 1.29 is 4.74 Å². The fraction of sp³-hybridized carbons (Fsp3) is 0.632.